The van der Waals surface area contributed by atoms with Crippen molar-refractivity contribution in [2.75, 3.05) is 0 Å². The molecule has 40 heavy (non-hydrogen) atoms. The summed E-state index contributed by atoms with van der Waals surface area (Å²) in [6.45, 7) is 0. The Kier molecular flexibility index (Phi) is 5.25. The van der Waals surface area contributed by atoms with Gasteiger partial charge in [-0.2, -0.15) is 0 Å². The molecule has 0 N–H and O–H groups in total. The molecule has 0 bridgehead atoms. The molecule has 8 aromatic rings. The monoisotopic (exact) mass is 577 g/mol. The molecule has 0 amide bonds. The van der Waals surface area contributed by atoms with Gasteiger partial charge in [-0.25, -0.2) is 15.0 Å². The summed E-state index contributed by atoms with van der Waals surface area (Å²) in [6, 6.07) is 41.3. The lowest BCUT2D eigenvalue weighted by molar-refractivity contribution is 0.669. The Morgan fingerprint density at radius 1 is 0.475 bits per heavy atom. The molecule has 188 valence electrons. The van der Waals surface area contributed by atoms with Crippen LogP contribution in [0.4, 0.5) is 0 Å². The van der Waals surface area contributed by atoms with Crippen LogP contribution in [0, 0.1) is 0 Å². The fourth-order valence-corrected chi connectivity index (χ4v) is 5.96. The first-order valence-corrected chi connectivity index (χ1v) is 13.9. The molecule has 0 atom stereocenters. The second kappa shape index (κ2) is 9.11. The highest BCUT2D eigenvalue weighted by molar-refractivity contribution is 9.10. The normalized spacial score (nSPS) is 11.6. The summed E-state index contributed by atoms with van der Waals surface area (Å²) >= 11 is 3.71. The van der Waals surface area contributed by atoms with Gasteiger partial charge in [-0.1, -0.05) is 113 Å². The van der Waals surface area contributed by atoms with Gasteiger partial charge in [0.15, 0.2) is 17.5 Å². The summed E-state index contributed by atoms with van der Waals surface area (Å²) in [7, 11) is 0. The van der Waals surface area contributed by atoms with Crippen molar-refractivity contribution >= 4 is 59.4 Å². The largest absolute Gasteiger partial charge is 0.455 e. The van der Waals surface area contributed by atoms with Crippen molar-refractivity contribution in [1.29, 1.82) is 0 Å². The van der Waals surface area contributed by atoms with Crippen molar-refractivity contribution in [1.82, 2.24) is 15.0 Å². The van der Waals surface area contributed by atoms with Crippen LogP contribution in [0.2, 0.25) is 0 Å². The number of para-hydroxylation sites is 2. The van der Waals surface area contributed by atoms with E-state index >= 15 is 0 Å². The van der Waals surface area contributed by atoms with E-state index in [1.54, 1.807) is 0 Å². The van der Waals surface area contributed by atoms with Gasteiger partial charge < -0.3 is 4.42 Å². The summed E-state index contributed by atoms with van der Waals surface area (Å²) in [5.41, 5.74) is 4.32. The lowest BCUT2D eigenvalue weighted by Gasteiger charge is -2.11. The molecule has 4 nitrogen and oxygen atoms in total. The summed E-state index contributed by atoms with van der Waals surface area (Å²) < 4.78 is 7.40. The lowest BCUT2D eigenvalue weighted by atomic mass is 10.0. The number of halogens is 1. The highest BCUT2D eigenvalue weighted by Crippen LogP contribution is 2.37. The van der Waals surface area contributed by atoms with Gasteiger partial charge in [0.2, 0.25) is 0 Å². The van der Waals surface area contributed by atoms with Crippen LogP contribution in [-0.4, -0.2) is 15.0 Å². The Bertz CT molecular complexity index is 2250. The maximum atomic E-state index is 6.37. The Morgan fingerprint density at radius 2 is 1.12 bits per heavy atom. The van der Waals surface area contributed by atoms with Crippen LogP contribution in [-0.2, 0) is 0 Å². The van der Waals surface area contributed by atoms with E-state index in [9.17, 15) is 0 Å². The molecule has 0 unspecified atom stereocenters. The molecule has 5 heteroatoms. The quantitative estimate of drug-likeness (QED) is 0.209. The fourth-order valence-electron chi connectivity index (χ4n) is 5.46. The van der Waals surface area contributed by atoms with Crippen molar-refractivity contribution in [3.05, 3.63) is 126 Å². The van der Waals surface area contributed by atoms with E-state index in [1.165, 1.54) is 5.39 Å². The second-order valence-corrected chi connectivity index (χ2v) is 10.6. The maximum absolute atomic E-state index is 6.37. The second-order valence-electron chi connectivity index (χ2n) is 9.79. The molecular weight excluding hydrogens is 558 g/mol. The molecule has 0 radical (unpaired) electrons. The summed E-state index contributed by atoms with van der Waals surface area (Å²) in [5, 5.41) is 6.59. The van der Waals surface area contributed by atoms with E-state index in [0.717, 1.165) is 59.3 Å². The van der Waals surface area contributed by atoms with E-state index < -0.39 is 0 Å². The molecule has 0 saturated heterocycles. The predicted octanol–water partition coefficient (Wildman–Crippen LogP) is 9.84. The van der Waals surface area contributed by atoms with Gasteiger partial charge in [-0.3, -0.25) is 0 Å². The van der Waals surface area contributed by atoms with Crippen LogP contribution in [0.5, 0.6) is 0 Å². The highest BCUT2D eigenvalue weighted by atomic mass is 79.9. The SMILES string of the molecule is Brc1cccc2c(-c3nc(-c4ccc5ccccc5c4)nc(-c4cccc5c4oc4ccccc45)n3)cccc12. The number of rotatable bonds is 3. The molecule has 0 spiro atoms. The minimum Gasteiger partial charge on any atom is -0.455 e. The van der Waals surface area contributed by atoms with Crippen molar-refractivity contribution < 1.29 is 4.42 Å². The third kappa shape index (κ3) is 3.70. The molecule has 0 aliphatic carbocycles. The third-order valence-corrected chi connectivity index (χ3v) is 8.09. The predicted molar refractivity (Wildman–Crippen MR) is 166 cm³/mol. The molecule has 6 aromatic carbocycles. The minimum atomic E-state index is 0.574. The average Bonchev–Trinajstić information content (AvgIpc) is 3.39. The Morgan fingerprint density at radius 3 is 2.02 bits per heavy atom. The zero-order chi connectivity index (χ0) is 26.6. The molecule has 0 aliphatic heterocycles. The molecule has 0 fully saturated rings. The summed E-state index contributed by atoms with van der Waals surface area (Å²) in [4.78, 5) is 15.1. The van der Waals surface area contributed by atoms with Gasteiger partial charge in [0.05, 0.1) is 5.56 Å². The smallest absolute Gasteiger partial charge is 0.167 e. The molecule has 2 aromatic heterocycles. The molecule has 0 saturated carbocycles. The van der Waals surface area contributed by atoms with Crippen LogP contribution < -0.4 is 0 Å². The van der Waals surface area contributed by atoms with Crippen LogP contribution in [0.25, 0.3) is 77.6 Å². The van der Waals surface area contributed by atoms with E-state index in [0.29, 0.717) is 17.5 Å². The standard InChI is InChI=1S/C35H20BrN3O/c36-30-16-7-11-24-25(30)12-5-14-28(24)34-37-33(23-19-18-21-8-1-2-9-22(21)20-23)38-35(39-34)29-15-6-13-27-26-10-3-4-17-31(26)40-32(27)29/h1-20H. The average molecular weight is 578 g/mol. The minimum absolute atomic E-state index is 0.574. The zero-order valence-corrected chi connectivity index (χ0v) is 22.8. The van der Waals surface area contributed by atoms with Gasteiger partial charge in [0.25, 0.3) is 0 Å². The number of aromatic nitrogens is 3. The Balaban J connectivity index is 1.42. The van der Waals surface area contributed by atoms with Crippen molar-refractivity contribution in [2.45, 2.75) is 0 Å². The van der Waals surface area contributed by atoms with Crippen LogP contribution >= 0.6 is 15.9 Å². The van der Waals surface area contributed by atoms with Crippen molar-refractivity contribution in [3.8, 4) is 34.2 Å². The Hall–Kier alpha value is -4.87. The maximum Gasteiger partial charge on any atom is 0.167 e. The van der Waals surface area contributed by atoms with Gasteiger partial charge in [0.1, 0.15) is 11.2 Å². The van der Waals surface area contributed by atoms with E-state index in [4.69, 9.17) is 19.4 Å². The molecule has 8 rings (SSSR count). The number of nitrogens with zero attached hydrogens (tertiary/aromatic N) is 3. The van der Waals surface area contributed by atoms with E-state index in [-0.39, 0.29) is 0 Å². The van der Waals surface area contributed by atoms with Gasteiger partial charge >= 0.3 is 0 Å². The third-order valence-electron chi connectivity index (χ3n) is 7.40. The first-order valence-electron chi connectivity index (χ1n) is 13.1. The molecule has 0 aliphatic rings. The number of benzene rings is 6. The topological polar surface area (TPSA) is 51.8 Å². The van der Waals surface area contributed by atoms with Gasteiger partial charge in [-0.15, -0.1) is 0 Å². The number of fused-ring (bicyclic) bond motifs is 5. The highest BCUT2D eigenvalue weighted by Gasteiger charge is 2.18. The van der Waals surface area contributed by atoms with Gasteiger partial charge in [0, 0.05) is 26.4 Å². The zero-order valence-electron chi connectivity index (χ0n) is 21.2. The Labute approximate surface area is 238 Å². The number of hydrogen-bond donors (Lipinski definition) is 0. The fraction of sp³-hybridized carbons (Fsp3) is 0. The summed E-state index contributed by atoms with van der Waals surface area (Å²) in [5.74, 6) is 1.81. The molecule has 2 heterocycles. The van der Waals surface area contributed by atoms with Crippen molar-refractivity contribution in [2.24, 2.45) is 0 Å². The van der Waals surface area contributed by atoms with Crippen molar-refractivity contribution in [3.63, 3.8) is 0 Å². The van der Waals surface area contributed by atoms with Crippen LogP contribution in [0.1, 0.15) is 0 Å². The van der Waals surface area contributed by atoms with E-state index in [1.807, 2.05) is 60.7 Å². The first-order chi connectivity index (χ1) is 19.7. The van der Waals surface area contributed by atoms with Crippen LogP contribution in [0.15, 0.2) is 130 Å². The summed E-state index contributed by atoms with van der Waals surface area (Å²) in [6.07, 6.45) is 0. The number of hydrogen-bond acceptors (Lipinski definition) is 4. The van der Waals surface area contributed by atoms with Gasteiger partial charge in [-0.05, 0) is 45.8 Å². The van der Waals surface area contributed by atoms with Crippen LogP contribution in [0.3, 0.4) is 0 Å². The lowest BCUT2D eigenvalue weighted by Crippen LogP contribution is -2.01. The van der Waals surface area contributed by atoms with E-state index in [2.05, 4.69) is 76.6 Å². The first kappa shape index (κ1) is 23.1. The number of furan rings is 1. The molecular formula is C35H20BrN3O.